The Hall–Kier alpha value is -2.05. The lowest BCUT2D eigenvalue weighted by Crippen LogP contribution is -2.31. The van der Waals surface area contributed by atoms with Gasteiger partial charge in [-0.2, -0.15) is 0 Å². The van der Waals surface area contributed by atoms with Gasteiger partial charge in [0.25, 0.3) is 5.91 Å². The molecular formula is C9H6F3N3O. The molecule has 1 atom stereocenters. The van der Waals surface area contributed by atoms with Crippen molar-refractivity contribution in [3.05, 3.63) is 35.1 Å². The van der Waals surface area contributed by atoms with Crippen molar-refractivity contribution in [2.45, 2.75) is 6.04 Å². The van der Waals surface area contributed by atoms with E-state index in [0.717, 1.165) is 0 Å². The Kier molecular flexibility index (Phi) is 2.30. The van der Waals surface area contributed by atoms with E-state index in [-0.39, 0.29) is 11.5 Å². The van der Waals surface area contributed by atoms with Gasteiger partial charge in [0.2, 0.25) is 0 Å². The minimum atomic E-state index is -1.58. The van der Waals surface area contributed by atoms with E-state index in [4.69, 9.17) is 5.73 Å². The van der Waals surface area contributed by atoms with E-state index in [1.165, 1.54) is 0 Å². The first-order chi connectivity index (χ1) is 7.49. The van der Waals surface area contributed by atoms with Gasteiger partial charge < -0.3 is 5.73 Å². The summed E-state index contributed by atoms with van der Waals surface area (Å²) in [5.74, 6) is -5.07. The predicted molar refractivity (Wildman–Crippen MR) is 48.8 cm³/mol. The van der Waals surface area contributed by atoms with Crippen LogP contribution in [0, 0.1) is 17.5 Å². The van der Waals surface area contributed by atoms with Gasteiger partial charge in [-0.15, -0.1) is 0 Å². The molecule has 1 aliphatic rings. The van der Waals surface area contributed by atoms with E-state index in [2.05, 4.69) is 10.3 Å². The Morgan fingerprint density at radius 1 is 1.25 bits per heavy atom. The zero-order valence-corrected chi connectivity index (χ0v) is 7.80. The number of halogens is 3. The summed E-state index contributed by atoms with van der Waals surface area (Å²) in [5.41, 5.74) is 5.13. The summed E-state index contributed by atoms with van der Waals surface area (Å²) in [6, 6.07) is 0.291. The van der Waals surface area contributed by atoms with Crippen LogP contribution in [-0.2, 0) is 4.79 Å². The summed E-state index contributed by atoms with van der Waals surface area (Å²) in [4.78, 5) is 14.9. The normalized spacial score (nSPS) is 19.6. The second kappa shape index (κ2) is 3.51. The lowest BCUT2D eigenvalue weighted by Gasteiger charge is -2.05. The number of rotatable bonds is 1. The fourth-order valence-corrected chi connectivity index (χ4v) is 1.38. The molecule has 7 heteroatoms. The van der Waals surface area contributed by atoms with E-state index in [0.29, 0.717) is 12.1 Å². The molecule has 0 aliphatic carbocycles. The van der Waals surface area contributed by atoms with Crippen molar-refractivity contribution in [3.8, 4) is 0 Å². The minimum Gasteiger partial charge on any atom is -0.370 e. The third-order valence-electron chi connectivity index (χ3n) is 2.09. The van der Waals surface area contributed by atoms with E-state index in [9.17, 15) is 18.0 Å². The smallest absolute Gasteiger partial charge is 0.256 e. The van der Waals surface area contributed by atoms with Gasteiger partial charge in [-0.1, -0.05) is 0 Å². The number of benzene rings is 1. The Bertz CT molecular complexity index is 478. The van der Waals surface area contributed by atoms with E-state index < -0.39 is 29.4 Å². The van der Waals surface area contributed by atoms with Gasteiger partial charge in [0.15, 0.2) is 29.5 Å². The molecule has 1 unspecified atom stereocenters. The molecule has 0 radical (unpaired) electrons. The zero-order valence-electron chi connectivity index (χ0n) is 7.80. The molecule has 1 amide bonds. The highest BCUT2D eigenvalue weighted by Crippen LogP contribution is 2.24. The maximum atomic E-state index is 12.9. The molecule has 2 rings (SSSR count). The van der Waals surface area contributed by atoms with Crippen molar-refractivity contribution in [3.63, 3.8) is 0 Å². The van der Waals surface area contributed by atoms with Gasteiger partial charge >= 0.3 is 0 Å². The second-order valence-corrected chi connectivity index (χ2v) is 3.20. The highest BCUT2D eigenvalue weighted by Gasteiger charge is 2.28. The number of amides is 1. The highest BCUT2D eigenvalue weighted by atomic mass is 19.2. The molecule has 1 heterocycles. The molecule has 0 saturated carbocycles. The van der Waals surface area contributed by atoms with Crippen LogP contribution >= 0.6 is 0 Å². The lowest BCUT2D eigenvalue weighted by atomic mass is 10.1. The molecule has 0 aromatic heterocycles. The van der Waals surface area contributed by atoms with Crippen molar-refractivity contribution < 1.29 is 18.0 Å². The molecule has 16 heavy (non-hydrogen) atoms. The fourth-order valence-electron chi connectivity index (χ4n) is 1.38. The number of aliphatic imine (C=N–C) groups is 1. The van der Waals surface area contributed by atoms with Gasteiger partial charge in [0, 0.05) is 0 Å². The van der Waals surface area contributed by atoms with Crippen molar-refractivity contribution in [1.29, 1.82) is 0 Å². The number of nitrogens with one attached hydrogen (secondary N) is 1. The second-order valence-electron chi connectivity index (χ2n) is 3.20. The molecule has 1 aliphatic heterocycles. The van der Waals surface area contributed by atoms with Crippen LogP contribution in [0.5, 0.6) is 0 Å². The summed E-state index contributed by atoms with van der Waals surface area (Å²) in [6.45, 7) is 0. The van der Waals surface area contributed by atoms with Gasteiger partial charge in [-0.25, -0.2) is 18.2 Å². The molecule has 0 fully saturated rings. The summed E-state index contributed by atoms with van der Waals surface area (Å²) in [7, 11) is 0. The van der Waals surface area contributed by atoms with Crippen LogP contribution < -0.4 is 11.1 Å². The molecular weight excluding hydrogens is 223 g/mol. The molecule has 1 aromatic rings. The predicted octanol–water partition coefficient (Wildman–Crippen LogP) is 0.590. The molecule has 1 aromatic carbocycles. The molecule has 0 bridgehead atoms. The number of hydrogen-bond acceptors (Lipinski definition) is 3. The molecule has 0 saturated heterocycles. The van der Waals surface area contributed by atoms with Crippen LogP contribution in [0.3, 0.4) is 0 Å². The van der Waals surface area contributed by atoms with Gasteiger partial charge in [0.05, 0.1) is 0 Å². The van der Waals surface area contributed by atoms with Gasteiger partial charge in [0.1, 0.15) is 0 Å². The quantitative estimate of drug-likeness (QED) is 0.692. The first-order valence-electron chi connectivity index (χ1n) is 4.27. The largest absolute Gasteiger partial charge is 0.370 e. The molecule has 84 valence electrons. The highest BCUT2D eigenvalue weighted by molar-refractivity contribution is 6.04. The van der Waals surface area contributed by atoms with E-state index in [1.807, 2.05) is 0 Å². The minimum absolute atomic E-state index is 0.0886. The molecule has 3 N–H and O–H groups in total. The SMILES string of the molecule is NC1=NC(c2cc(F)c(F)c(F)c2)C(=O)N1. The lowest BCUT2D eigenvalue weighted by molar-refractivity contribution is -0.120. The topological polar surface area (TPSA) is 67.5 Å². The molecule has 4 nitrogen and oxygen atoms in total. The number of carbonyl (C=O) groups is 1. The summed E-state index contributed by atoms with van der Waals surface area (Å²) in [6.07, 6.45) is 0. The van der Waals surface area contributed by atoms with E-state index >= 15 is 0 Å². The average molecular weight is 229 g/mol. The van der Waals surface area contributed by atoms with Crippen LogP contribution in [0.1, 0.15) is 11.6 Å². The number of carbonyl (C=O) groups excluding carboxylic acids is 1. The summed E-state index contributed by atoms with van der Waals surface area (Å²) < 4.78 is 38.4. The fraction of sp³-hybridized carbons (Fsp3) is 0.111. The Morgan fingerprint density at radius 3 is 2.25 bits per heavy atom. The molecule has 0 spiro atoms. The summed E-state index contributed by atoms with van der Waals surface area (Å²) >= 11 is 0. The van der Waals surface area contributed by atoms with Crippen molar-refractivity contribution in [2.24, 2.45) is 10.7 Å². The van der Waals surface area contributed by atoms with E-state index in [1.54, 1.807) is 0 Å². The van der Waals surface area contributed by atoms with Crippen molar-refractivity contribution >= 4 is 11.9 Å². The number of guanidine groups is 1. The Labute approximate surface area is 88.0 Å². The van der Waals surface area contributed by atoms with Crippen LogP contribution in [0.2, 0.25) is 0 Å². The van der Waals surface area contributed by atoms with Crippen molar-refractivity contribution in [2.75, 3.05) is 0 Å². The average Bonchev–Trinajstić information content (AvgIpc) is 2.53. The van der Waals surface area contributed by atoms with Gasteiger partial charge in [-0.05, 0) is 17.7 Å². The maximum absolute atomic E-state index is 12.9. The van der Waals surface area contributed by atoms with Gasteiger partial charge in [-0.3, -0.25) is 10.1 Å². The maximum Gasteiger partial charge on any atom is 0.256 e. The summed E-state index contributed by atoms with van der Waals surface area (Å²) in [5, 5.41) is 2.17. The van der Waals surface area contributed by atoms with Crippen LogP contribution in [-0.4, -0.2) is 11.9 Å². The Balaban J connectivity index is 2.46. The van der Waals surface area contributed by atoms with Crippen LogP contribution in [0.4, 0.5) is 13.2 Å². The zero-order chi connectivity index (χ0) is 11.9. The monoisotopic (exact) mass is 229 g/mol. The first-order valence-corrected chi connectivity index (χ1v) is 4.27. The standard InChI is InChI=1S/C9H6F3N3O/c10-4-1-3(2-5(11)6(4)12)7-8(16)15-9(13)14-7/h1-2,7H,(H3,13,14,15,16). The Morgan fingerprint density at radius 2 is 1.81 bits per heavy atom. The number of nitrogens with zero attached hydrogens (tertiary/aromatic N) is 1. The number of nitrogens with two attached hydrogens (primary N) is 1. The third-order valence-corrected chi connectivity index (χ3v) is 2.09. The number of hydrogen-bond donors (Lipinski definition) is 2. The van der Waals surface area contributed by atoms with Crippen molar-refractivity contribution in [1.82, 2.24) is 5.32 Å². The third kappa shape index (κ3) is 1.60. The first kappa shape index (κ1) is 10.5. The van der Waals surface area contributed by atoms with Crippen LogP contribution in [0.15, 0.2) is 17.1 Å². The van der Waals surface area contributed by atoms with Crippen LogP contribution in [0.25, 0.3) is 0 Å².